The molecule has 0 bridgehead atoms. The Bertz CT molecular complexity index is 5710. The van der Waals surface area contributed by atoms with Gasteiger partial charge in [-0.25, -0.2) is 0 Å². The van der Waals surface area contributed by atoms with Crippen LogP contribution in [0.15, 0.2) is 340 Å². The van der Waals surface area contributed by atoms with Gasteiger partial charge in [-0.3, -0.25) is 0 Å². The van der Waals surface area contributed by atoms with Gasteiger partial charge in [0, 0.05) is 22.3 Å². The van der Waals surface area contributed by atoms with Crippen LogP contribution in [0.1, 0.15) is 44.5 Å². The van der Waals surface area contributed by atoms with Crippen molar-refractivity contribution in [3.05, 3.63) is 384 Å². The summed E-state index contributed by atoms with van der Waals surface area (Å²) in [6.45, 7) is 1.13. The van der Waals surface area contributed by atoms with E-state index >= 15 is 0 Å². The molecule has 12 nitrogen and oxygen atoms in total. The van der Waals surface area contributed by atoms with E-state index < -0.39 is 10.8 Å². The van der Waals surface area contributed by atoms with Crippen LogP contribution in [-0.2, 0) is 10.8 Å². The predicted molar refractivity (Wildman–Crippen MR) is 456 cm³/mol. The van der Waals surface area contributed by atoms with Crippen LogP contribution in [-0.4, -0.2) is 110 Å². The van der Waals surface area contributed by atoms with Crippen molar-refractivity contribution in [1.82, 2.24) is 0 Å². The summed E-state index contributed by atoms with van der Waals surface area (Å²) in [6.07, 6.45) is 0. The quantitative estimate of drug-likeness (QED) is 0.0320. The Labute approximate surface area is 662 Å². The molecule has 0 spiro atoms. The first-order valence-corrected chi connectivity index (χ1v) is 38.6. The monoisotopic (exact) mass is 1500 g/mol. The molecule has 0 saturated heterocycles. The topological polar surface area (TPSA) is 177 Å². The summed E-state index contributed by atoms with van der Waals surface area (Å²) in [5.41, 5.74) is 19.2. The van der Waals surface area contributed by atoms with Crippen molar-refractivity contribution < 1.29 is 59.1 Å². The number of aliphatic hydroxyl groups excluding tert-OH is 6. The van der Waals surface area contributed by atoms with Crippen LogP contribution in [0.3, 0.4) is 0 Å². The molecule has 16 aromatic rings. The molecule has 0 aromatic heterocycles. The summed E-state index contributed by atoms with van der Waals surface area (Å²) in [6, 6.07) is 118. The molecule has 0 fully saturated rings. The fourth-order valence-electron chi connectivity index (χ4n) is 16.8. The van der Waals surface area contributed by atoms with Gasteiger partial charge in [0.15, 0.2) is 0 Å². The van der Waals surface area contributed by atoms with Crippen molar-refractivity contribution in [3.63, 3.8) is 0 Å². The fraction of sp³-hybridized carbons (Fsp3) is 0.137. The zero-order valence-corrected chi connectivity index (χ0v) is 62.9. The van der Waals surface area contributed by atoms with Crippen LogP contribution in [0.4, 0.5) is 0 Å². The number of hydrogen-bond acceptors (Lipinski definition) is 12. The first-order valence-electron chi connectivity index (χ1n) is 38.6. The van der Waals surface area contributed by atoms with Gasteiger partial charge in [-0.15, -0.1) is 0 Å². The molecule has 12 heteroatoms. The van der Waals surface area contributed by atoms with Gasteiger partial charge in [0.05, 0.1) is 50.5 Å². The lowest BCUT2D eigenvalue weighted by molar-refractivity contribution is 0.200. The van der Waals surface area contributed by atoms with Gasteiger partial charge in [-0.05, 0) is 194 Å². The van der Waals surface area contributed by atoms with Gasteiger partial charge in [0.25, 0.3) is 0 Å². The standard InChI is InChI=1S/C41H34O4.C37H30O4.C24H22O4/c42-23-25-44-39-21-19-31(27-35(39)29-11-3-1-4-12-29)41(37-17-9-7-15-33(37)34-16-8-10-18-38(34)41)32-20-22-40(45-26-24-43)36(28-32)30-13-5-2-6-14-30;38-17-19-40-31-15-11-25-21-29(13-9-27(25)23-31)37(35-7-3-1-5-33(35)34-6-2-4-8-36(34)37)30-14-10-28-24-32(41-20-18-39)16-12-26(28)22-30;25-13-15-27-21-11-9-17-5-1-3-7-19(17)23(21)24-20-8-4-2-6-18(20)10-12-22(24)28-16-14-26/h1-22,27-28,42-43H,23-26H2;1-16,21-24,38-39H,17-20H2;1-12,25-26H,13-16H2. The lowest BCUT2D eigenvalue weighted by atomic mass is 9.67. The molecule has 566 valence electrons. The number of rotatable bonds is 25. The highest BCUT2D eigenvalue weighted by molar-refractivity contribution is 6.10. The SMILES string of the molecule is OCCOc1ccc(C2(c3ccc(OCCO)c(-c4ccccc4)c3)c3ccccc3-c3ccccc32)cc1-c1ccccc1.OCCOc1ccc2cc(C3(c4ccc5cc(OCCO)ccc5c4)c4ccccc4-c4ccccc43)ccc2c1.OCCOc1ccc2ccccc2c1-c1c(OCCO)ccc2ccccc12. The minimum Gasteiger partial charge on any atom is -0.491 e. The van der Waals surface area contributed by atoms with Crippen molar-refractivity contribution in [3.8, 4) is 90.1 Å². The lowest BCUT2D eigenvalue weighted by Crippen LogP contribution is -2.29. The molecule has 16 aromatic carbocycles. The molecule has 0 aliphatic heterocycles. The Hall–Kier alpha value is -12.9. The third kappa shape index (κ3) is 14.4. The van der Waals surface area contributed by atoms with E-state index in [1.165, 1.54) is 55.6 Å². The molecule has 114 heavy (non-hydrogen) atoms. The number of benzene rings is 16. The van der Waals surface area contributed by atoms with Crippen LogP contribution >= 0.6 is 0 Å². The smallest absolute Gasteiger partial charge is 0.128 e. The second-order valence-electron chi connectivity index (χ2n) is 28.0. The van der Waals surface area contributed by atoms with Gasteiger partial charge in [0.1, 0.15) is 74.1 Å². The van der Waals surface area contributed by atoms with E-state index in [9.17, 15) is 20.4 Å². The molecule has 2 aliphatic rings. The molecular weight excluding hydrogens is 1420 g/mol. The van der Waals surface area contributed by atoms with E-state index in [-0.39, 0.29) is 79.3 Å². The zero-order valence-electron chi connectivity index (χ0n) is 62.9. The van der Waals surface area contributed by atoms with Crippen molar-refractivity contribution in [2.24, 2.45) is 0 Å². The summed E-state index contributed by atoms with van der Waals surface area (Å²) in [7, 11) is 0. The van der Waals surface area contributed by atoms with Crippen molar-refractivity contribution >= 4 is 43.1 Å². The van der Waals surface area contributed by atoms with Crippen LogP contribution in [0.5, 0.6) is 34.5 Å². The molecule has 0 amide bonds. The molecule has 18 rings (SSSR count). The second kappa shape index (κ2) is 34.4. The van der Waals surface area contributed by atoms with Gasteiger partial charge in [-0.2, -0.15) is 0 Å². The molecule has 0 atom stereocenters. The summed E-state index contributed by atoms with van der Waals surface area (Å²) in [5.74, 6) is 4.35. The Balaban J connectivity index is 0.000000132. The first-order chi connectivity index (χ1) is 56.3. The van der Waals surface area contributed by atoms with E-state index in [1.54, 1.807) is 0 Å². The summed E-state index contributed by atoms with van der Waals surface area (Å²) in [4.78, 5) is 0. The van der Waals surface area contributed by atoms with Crippen molar-refractivity contribution in [2.75, 3.05) is 79.3 Å². The molecule has 0 radical (unpaired) electrons. The maximum Gasteiger partial charge on any atom is 0.128 e. The van der Waals surface area contributed by atoms with E-state index in [4.69, 9.17) is 38.6 Å². The second-order valence-corrected chi connectivity index (χ2v) is 28.0. The largest absolute Gasteiger partial charge is 0.491 e. The summed E-state index contributed by atoms with van der Waals surface area (Å²) >= 11 is 0. The minimum absolute atomic E-state index is 0.0128. The molecule has 0 saturated carbocycles. The predicted octanol–water partition coefficient (Wildman–Crippen LogP) is 19.6. The Morgan fingerprint density at radius 1 is 0.202 bits per heavy atom. The van der Waals surface area contributed by atoms with E-state index in [1.807, 2.05) is 121 Å². The van der Waals surface area contributed by atoms with Crippen LogP contribution < -0.4 is 28.4 Å². The number of hydrogen-bond donors (Lipinski definition) is 6. The molecule has 0 unspecified atom stereocenters. The van der Waals surface area contributed by atoms with E-state index in [0.717, 1.165) is 111 Å². The number of ether oxygens (including phenoxy) is 6. The van der Waals surface area contributed by atoms with Crippen LogP contribution in [0, 0.1) is 0 Å². The summed E-state index contributed by atoms with van der Waals surface area (Å²) in [5, 5.41) is 64.7. The van der Waals surface area contributed by atoms with Crippen molar-refractivity contribution in [1.29, 1.82) is 0 Å². The van der Waals surface area contributed by atoms with Gasteiger partial charge in [-0.1, -0.05) is 267 Å². The Morgan fingerprint density at radius 2 is 0.474 bits per heavy atom. The first kappa shape index (κ1) is 75.2. The fourth-order valence-corrected chi connectivity index (χ4v) is 16.8. The highest BCUT2D eigenvalue weighted by Gasteiger charge is 2.48. The number of aliphatic hydroxyl groups is 6. The van der Waals surface area contributed by atoms with Crippen molar-refractivity contribution in [2.45, 2.75) is 10.8 Å². The minimum atomic E-state index is -0.648. The van der Waals surface area contributed by atoms with Gasteiger partial charge >= 0.3 is 0 Å². The Morgan fingerprint density at radius 3 is 0.842 bits per heavy atom. The highest BCUT2D eigenvalue weighted by atomic mass is 16.5. The third-order valence-electron chi connectivity index (χ3n) is 21.5. The molecule has 6 N–H and O–H groups in total. The molecule has 0 heterocycles. The highest BCUT2D eigenvalue weighted by Crippen LogP contribution is 2.59. The average molecular weight is 1500 g/mol. The number of fused-ring (bicyclic) bond motifs is 10. The normalized spacial score (nSPS) is 12.5. The molecular formula is C102H86O12. The summed E-state index contributed by atoms with van der Waals surface area (Å²) < 4.78 is 35.3. The molecule has 2 aliphatic carbocycles. The zero-order chi connectivity index (χ0) is 77.8. The third-order valence-corrected chi connectivity index (χ3v) is 21.5. The van der Waals surface area contributed by atoms with Gasteiger partial charge < -0.3 is 59.1 Å². The van der Waals surface area contributed by atoms with E-state index in [2.05, 4.69) is 218 Å². The maximum absolute atomic E-state index is 9.57. The van der Waals surface area contributed by atoms with Gasteiger partial charge in [0.2, 0.25) is 0 Å². The van der Waals surface area contributed by atoms with Crippen LogP contribution in [0.2, 0.25) is 0 Å². The average Bonchev–Trinajstić information content (AvgIpc) is 1.53. The maximum atomic E-state index is 9.57. The Kier molecular flexibility index (Phi) is 22.7. The van der Waals surface area contributed by atoms with Crippen LogP contribution in [0.25, 0.3) is 98.7 Å². The van der Waals surface area contributed by atoms with E-state index in [0.29, 0.717) is 11.5 Å². The lowest BCUT2D eigenvalue weighted by Gasteiger charge is -2.35.